The number of rotatable bonds is 7. The summed E-state index contributed by atoms with van der Waals surface area (Å²) in [4.78, 5) is 11.2. The van der Waals surface area contributed by atoms with Gasteiger partial charge in [0.05, 0.1) is 0 Å². The number of nitrogens with one attached hydrogen (secondary N) is 2. The smallest absolute Gasteiger partial charge is 0.221 e. The van der Waals surface area contributed by atoms with Crippen LogP contribution < -0.4 is 15.4 Å². The number of carbonyl (C=O) groups is 1. The van der Waals surface area contributed by atoms with E-state index in [9.17, 15) is 4.79 Å². The number of hydrogen-bond acceptors (Lipinski definition) is 3. The number of amides is 1. The molecule has 0 atom stereocenters. The van der Waals surface area contributed by atoms with Crippen molar-refractivity contribution in [3.63, 3.8) is 0 Å². The van der Waals surface area contributed by atoms with Gasteiger partial charge in [-0.15, -0.1) is 0 Å². The van der Waals surface area contributed by atoms with Crippen LogP contribution in [0, 0.1) is 0 Å². The third kappa shape index (κ3) is 5.36. The van der Waals surface area contributed by atoms with Crippen LogP contribution in [-0.4, -0.2) is 5.91 Å². The first-order valence-electron chi connectivity index (χ1n) is 10.1. The Kier molecular flexibility index (Phi) is 6.39. The molecule has 0 aliphatic heterocycles. The zero-order chi connectivity index (χ0) is 21.6. The van der Waals surface area contributed by atoms with Gasteiger partial charge in [-0.1, -0.05) is 54.1 Å². The Hall–Kier alpha value is -3.50. The zero-order valence-electron chi connectivity index (χ0n) is 17.2. The Morgan fingerprint density at radius 1 is 0.903 bits per heavy atom. The van der Waals surface area contributed by atoms with Gasteiger partial charge in [-0.05, 0) is 58.8 Å². The fourth-order valence-electron chi connectivity index (χ4n) is 3.49. The van der Waals surface area contributed by atoms with Gasteiger partial charge in [-0.3, -0.25) is 4.79 Å². The topological polar surface area (TPSA) is 50.4 Å². The van der Waals surface area contributed by atoms with E-state index in [0.717, 1.165) is 39.0 Å². The van der Waals surface area contributed by atoms with Gasteiger partial charge in [0.25, 0.3) is 0 Å². The first-order valence-corrected chi connectivity index (χ1v) is 10.5. The third-order valence-corrected chi connectivity index (χ3v) is 5.19. The minimum Gasteiger partial charge on any atom is -0.489 e. The van der Waals surface area contributed by atoms with Gasteiger partial charge in [0.15, 0.2) is 0 Å². The third-order valence-electron chi connectivity index (χ3n) is 4.96. The first kappa shape index (κ1) is 20.8. The lowest BCUT2D eigenvalue weighted by Gasteiger charge is -2.16. The van der Waals surface area contributed by atoms with Gasteiger partial charge in [0.2, 0.25) is 5.91 Å². The maximum Gasteiger partial charge on any atom is 0.221 e. The number of halogens is 1. The fourth-order valence-corrected chi connectivity index (χ4v) is 3.70. The van der Waals surface area contributed by atoms with Crippen molar-refractivity contribution in [2.75, 3.05) is 10.6 Å². The summed E-state index contributed by atoms with van der Waals surface area (Å²) in [5.41, 5.74) is 3.84. The van der Waals surface area contributed by atoms with Crippen LogP contribution >= 0.6 is 11.6 Å². The van der Waals surface area contributed by atoms with E-state index in [1.54, 1.807) is 0 Å². The highest BCUT2D eigenvalue weighted by atomic mass is 35.5. The van der Waals surface area contributed by atoms with Crippen LogP contribution in [-0.2, 0) is 17.9 Å². The van der Waals surface area contributed by atoms with Crippen LogP contribution in [0.1, 0.15) is 18.1 Å². The molecule has 4 aromatic carbocycles. The van der Waals surface area contributed by atoms with Crippen molar-refractivity contribution in [3.8, 4) is 5.75 Å². The van der Waals surface area contributed by atoms with Gasteiger partial charge in [-0.25, -0.2) is 0 Å². The van der Waals surface area contributed by atoms with Crippen molar-refractivity contribution in [2.24, 2.45) is 0 Å². The highest BCUT2D eigenvalue weighted by Gasteiger charge is 2.10. The quantitative estimate of drug-likeness (QED) is 0.345. The molecule has 0 bridgehead atoms. The average molecular weight is 431 g/mol. The second-order valence-corrected chi connectivity index (χ2v) is 7.73. The molecule has 0 radical (unpaired) electrons. The molecule has 4 aromatic rings. The van der Waals surface area contributed by atoms with E-state index < -0.39 is 0 Å². The number of hydrogen-bond donors (Lipinski definition) is 2. The molecule has 0 unspecified atom stereocenters. The molecular weight excluding hydrogens is 408 g/mol. The average Bonchev–Trinajstić information content (AvgIpc) is 2.77. The molecule has 0 aliphatic carbocycles. The number of fused-ring (bicyclic) bond motifs is 1. The largest absolute Gasteiger partial charge is 0.489 e. The number of ether oxygens (including phenoxy) is 1. The van der Waals surface area contributed by atoms with Gasteiger partial charge in [0, 0.05) is 35.4 Å². The molecule has 0 spiro atoms. The SMILES string of the molecule is CC(=O)Nc1ccc(NCc2c(OCc3cccc(Cl)c3)ccc3ccccc23)cc1. The summed E-state index contributed by atoms with van der Waals surface area (Å²) in [5.74, 6) is 0.749. The molecule has 0 fully saturated rings. The summed E-state index contributed by atoms with van der Waals surface area (Å²) in [6, 6.07) is 27.7. The number of benzene rings is 4. The molecule has 0 saturated carbocycles. The van der Waals surface area contributed by atoms with Gasteiger partial charge in [0.1, 0.15) is 12.4 Å². The van der Waals surface area contributed by atoms with Crippen LogP contribution in [0.25, 0.3) is 10.8 Å². The van der Waals surface area contributed by atoms with E-state index in [4.69, 9.17) is 16.3 Å². The summed E-state index contributed by atoms with van der Waals surface area (Å²) in [6.07, 6.45) is 0. The molecule has 31 heavy (non-hydrogen) atoms. The summed E-state index contributed by atoms with van der Waals surface area (Å²) in [5, 5.41) is 9.25. The summed E-state index contributed by atoms with van der Waals surface area (Å²) >= 11 is 6.10. The minimum atomic E-state index is -0.0852. The number of carbonyl (C=O) groups excluding carboxylic acids is 1. The van der Waals surface area contributed by atoms with Crippen molar-refractivity contribution in [2.45, 2.75) is 20.1 Å². The number of anilines is 2. The summed E-state index contributed by atoms with van der Waals surface area (Å²) < 4.78 is 6.19. The van der Waals surface area contributed by atoms with Crippen molar-refractivity contribution < 1.29 is 9.53 Å². The Bertz CT molecular complexity index is 1210. The van der Waals surface area contributed by atoms with Crippen LogP contribution in [0.4, 0.5) is 11.4 Å². The van der Waals surface area contributed by atoms with Crippen molar-refractivity contribution in [1.82, 2.24) is 0 Å². The van der Waals surface area contributed by atoms with Crippen molar-refractivity contribution in [3.05, 3.63) is 101 Å². The highest BCUT2D eigenvalue weighted by Crippen LogP contribution is 2.30. The molecule has 5 heteroatoms. The van der Waals surface area contributed by atoms with E-state index in [0.29, 0.717) is 18.2 Å². The molecule has 4 rings (SSSR count). The normalized spacial score (nSPS) is 10.6. The molecule has 0 heterocycles. The molecule has 4 nitrogen and oxygen atoms in total. The molecular formula is C26H23ClN2O2. The lowest BCUT2D eigenvalue weighted by molar-refractivity contribution is -0.114. The molecule has 156 valence electrons. The minimum absolute atomic E-state index is 0.0852. The fraction of sp³-hybridized carbons (Fsp3) is 0.115. The van der Waals surface area contributed by atoms with E-state index in [1.165, 1.54) is 6.92 Å². The maximum absolute atomic E-state index is 11.2. The summed E-state index contributed by atoms with van der Waals surface area (Å²) in [6.45, 7) is 2.54. The second-order valence-electron chi connectivity index (χ2n) is 7.29. The Labute approximate surface area is 186 Å². The lowest BCUT2D eigenvalue weighted by atomic mass is 10.0. The van der Waals surface area contributed by atoms with E-state index >= 15 is 0 Å². The maximum atomic E-state index is 11.2. The second kappa shape index (κ2) is 9.54. The Morgan fingerprint density at radius 2 is 1.68 bits per heavy atom. The van der Waals surface area contributed by atoms with E-state index in [2.05, 4.69) is 28.8 Å². The molecule has 2 N–H and O–H groups in total. The van der Waals surface area contributed by atoms with Gasteiger partial charge >= 0.3 is 0 Å². The first-order chi connectivity index (χ1) is 15.1. The van der Waals surface area contributed by atoms with Crippen LogP contribution in [0.15, 0.2) is 84.9 Å². The van der Waals surface area contributed by atoms with Crippen LogP contribution in [0.5, 0.6) is 5.75 Å². The summed E-state index contributed by atoms with van der Waals surface area (Å²) in [7, 11) is 0. The molecule has 0 aliphatic rings. The van der Waals surface area contributed by atoms with Gasteiger partial charge in [-0.2, -0.15) is 0 Å². The monoisotopic (exact) mass is 430 g/mol. The van der Waals surface area contributed by atoms with Crippen LogP contribution in [0.3, 0.4) is 0 Å². The van der Waals surface area contributed by atoms with Crippen LogP contribution in [0.2, 0.25) is 5.02 Å². The molecule has 0 saturated heterocycles. The van der Waals surface area contributed by atoms with E-state index in [1.807, 2.05) is 66.7 Å². The molecule has 1 amide bonds. The van der Waals surface area contributed by atoms with E-state index in [-0.39, 0.29) is 5.91 Å². The lowest BCUT2D eigenvalue weighted by Crippen LogP contribution is -2.06. The Morgan fingerprint density at radius 3 is 2.45 bits per heavy atom. The zero-order valence-corrected chi connectivity index (χ0v) is 17.9. The standard InChI is InChI=1S/C26H23ClN2O2/c1-18(30)29-23-12-10-22(11-13-23)28-16-25-24-8-3-2-6-20(24)9-14-26(25)31-17-19-5-4-7-21(27)15-19/h2-15,28H,16-17H2,1H3,(H,29,30). The van der Waals surface area contributed by atoms with Gasteiger partial charge < -0.3 is 15.4 Å². The van der Waals surface area contributed by atoms with Crippen molar-refractivity contribution in [1.29, 1.82) is 0 Å². The predicted molar refractivity (Wildman–Crippen MR) is 128 cm³/mol. The Balaban J connectivity index is 1.55. The van der Waals surface area contributed by atoms with Crippen molar-refractivity contribution >= 4 is 39.7 Å². The highest BCUT2D eigenvalue weighted by molar-refractivity contribution is 6.30. The molecule has 0 aromatic heterocycles. The predicted octanol–water partition coefficient (Wildman–Crippen LogP) is 6.64.